The monoisotopic (exact) mass is 325 g/mol. The predicted molar refractivity (Wildman–Crippen MR) is 91.6 cm³/mol. The van der Waals surface area contributed by atoms with Crippen LogP contribution in [0.15, 0.2) is 34.7 Å². The number of nitrogens with two attached hydrogens (primary N) is 1. The summed E-state index contributed by atoms with van der Waals surface area (Å²) in [7, 11) is 0. The molecule has 1 aliphatic carbocycles. The molecule has 1 saturated heterocycles. The molecule has 1 aromatic heterocycles. The molecular weight excluding hydrogens is 302 g/mol. The summed E-state index contributed by atoms with van der Waals surface area (Å²) in [6, 6.07) is 10.1. The fraction of sp³-hybridized carbons (Fsp3) is 0.474. The van der Waals surface area contributed by atoms with Crippen LogP contribution in [0.25, 0.3) is 11.5 Å². The van der Waals surface area contributed by atoms with Gasteiger partial charge in [0.1, 0.15) is 5.76 Å². The minimum Gasteiger partial charge on any atom is -0.440 e. The van der Waals surface area contributed by atoms with E-state index in [1.165, 1.54) is 0 Å². The average Bonchev–Trinajstić information content (AvgIpc) is 3.33. The van der Waals surface area contributed by atoms with Crippen molar-refractivity contribution in [3.05, 3.63) is 41.8 Å². The van der Waals surface area contributed by atoms with Crippen molar-refractivity contribution in [2.75, 3.05) is 6.54 Å². The first-order valence-electron chi connectivity index (χ1n) is 8.76. The Morgan fingerprint density at radius 1 is 1.25 bits per heavy atom. The zero-order valence-corrected chi connectivity index (χ0v) is 13.9. The summed E-state index contributed by atoms with van der Waals surface area (Å²) in [5, 5.41) is 0. The number of hydrogen-bond acceptors (Lipinski definition) is 4. The van der Waals surface area contributed by atoms with Crippen LogP contribution in [0.4, 0.5) is 0 Å². The van der Waals surface area contributed by atoms with Gasteiger partial charge in [0.2, 0.25) is 5.89 Å². The average molecular weight is 325 g/mol. The van der Waals surface area contributed by atoms with E-state index in [0.717, 1.165) is 37.0 Å². The van der Waals surface area contributed by atoms with Crippen molar-refractivity contribution in [3.8, 4) is 11.5 Å². The van der Waals surface area contributed by atoms with Crippen LogP contribution in [0, 0.1) is 0 Å². The quantitative estimate of drug-likeness (QED) is 0.941. The van der Waals surface area contributed by atoms with Gasteiger partial charge in [0.05, 0.1) is 0 Å². The molecule has 1 aromatic carbocycles. The van der Waals surface area contributed by atoms with Gasteiger partial charge in [0, 0.05) is 30.1 Å². The Morgan fingerprint density at radius 2 is 2.00 bits per heavy atom. The highest BCUT2D eigenvalue weighted by atomic mass is 16.4. The highest BCUT2D eigenvalue weighted by Crippen LogP contribution is 2.43. The molecule has 2 atom stereocenters. The summed E-state index contributed by atoms with van der Waals surface area (Å²) in [5.41, 5.74) is 7.43. The third kappa shape index (κ3) is 2.84. The SMILES string of the molecule is C[C@@H]1C[C@H](N)CCN1C(=O)c1nc(-c2ccccc2)oc1C1CC1. The van der Waals surface area contributed by atoms with E-state index in [4.69, 9.17) is 10.2 Å². The number of oxazole rings is 1. The molecule has 1 saturated carbocycles. The van der Waals surface area contributed by atoms with Crippen LogP contribution in [-0.4, -0.2) is 34.4 Å². The fourth-order valence-corrected chi connectivity index (χ4v) is 3.46. The summed E-state index contributed by atoms with van der Waals surface area (Å²) in [6.45, 7) is 2.75. The second-order valence-corrected chi connectivity index (χ2v) is 7.00. The number of hydrogen-bond donors (Lipinski definition) is 1. The molecule has 5 nitrogen and oxygen atoms in total. The van der Waals surface area contributed by atoms with Gasteiger partial charge in [-0.05, 0) is 44.7 Å². The number of carbonyl (C=O) groups excluding carboxylic acids is 1. The molecule has 0 radical (unpaired) electrons. The minimum atomic E-state index is -0.0118. The van der Waals surface area contributed by atoms with E-state index in [-0.39, 0.29) is 18.0 Å². The molecule has 126 valence electrons. The first-order chi connectivity index (χ1) is 11.6. The molecule has 2 N–H and O–H groups in total. The van der Waals surface area contributed by atoms with Gasteiger partial charge in [0.25, 0.3) is 5.91 Å². The highest BCUT2D eigenvalue weighted by Gasteiger charge is 2.37. The van der Waals surface area contributed by atoms with E-state index in [0.29, 0.717) is 24.0 Å². The molecule has 2 heterocycles. The van der Waals surface area contributed by atoms with Gasteiger partial charge in [0.15, 0.2) is 5.69 Å². The number of benzene rings is 1. The van der Waals surface area contributed by atoms with E-state index >= 15 is 0 Å². The first-order valence-corrected chi connectivity index (χ1v) is 8.76. The van der Waals surface area contributed by atoms with Crippen LogP contribution in [0.3, 0.4) is 0 Å². The van der Waals surface area contributed by atoms with Gasteiger partial charge in [-0.2, -0.15) is 0 Å². The molecule has 2 aromatic rings. The van der Waals surface area contributed by atoms with Crippen LogP contribution in [-0.2, 0) is 0 Å². The number of rotatable bonds is 3. The Hall–Kier alpha value is -2.14. The van der Waals surface area contributed by atoms with Crippen molar-refractivity contribution in [1.29, 1.82) is 0 Å². The highest BCUT2D eigenvalue weighted by molar-refractivity contribution is 5.94. The largest absolute Gasteiger partial charge is 0.440 e. The summed E-state index contributed by atoms with van der Waals surface area (Å²) in [6.07, 6.45) is 3.83. The van der Waals surface area contributed by atoms with Gasteiger partial charge in [-0.25, -0.2) is 4.98 Å². The minimum absolute atomic E-state index is 0.0118. The van der Waals surface area contributed by atoms with Crippen LogP contribution in [0.2, 0.25) is 0 Å². The summed E-state index contributed by atoms with van der Waals surface area (Å²) < 4.78 is 6.01. The summed E-state index contributed by atoms with van der Waals surface area (Å²) >= 11 is 0. The first kappa shape index (κ1) is 15.4. The Bertz CT molecular complexity index is 736. The Kier molecular flexibility index (Phi) is 3.88. The van der Waals surface area contributed by atoms with Crippen molar-refractivity contribution in [2.24, 2.45) is 5.73 Å². The van der Waals surface area contributed by atoms with Gasteiger partial charge in [-0.3, -0.25) is 4.79 Å². The lowest BCUT2D eigenvalue weighted by molar-refractivity contribution is 0.0611. The lowest BCUT2D eigenvalue weighted by Gasteiger charge is -2.36. The number of carbonyl (C=O) groups is 1. The summed E-state index contributed by atoms with van der Waals surface area (Å²) in [4.78, 5) is 19.6. The number of nitrogens with zero attached hydrogens (tertiary/aromatic N) is 2. The van der Waals surface area contributed by atoms with Crippen molar-refractivity contribution >= 4 is 5.91 Å². The Balaban J connectivity index is 1.67. The molecule has 1 amide bonds. The smallest absolute Gasteiger partial charge is 0.276 e. The second-order valence-electron chi connectivity index (χ2n) is 7.00. The maximum Gasteiger partial charge on any atom is 0.276 e. The molecule has 4 rings (SSSR count). The van der Waals surface area contributed by atoms with E-state index in [2.05, 4.69) is 11.9 Å². The molecular formula is C19H23N3O2. The number of aromatic nitrogens is 1. The van der Waals surface area contributed by atoms with Crippen LogP contribution >= 0.6 is 0 Å². The molecule has 0 unspecified atom stereocenters. The lowest BCUT2D eigenvalue weighted by Crippen LogP contribution is -2.48. The van der Waals surface area contributed by atoms with Gasteiger partial charge < -0.3 is 15.1 Å². The van der Waals surface area contributed by atoms with E-state index in [1.807, 2.05) is 35.2 Å². The zero-order chi connectivity index (χ0) is 16.7. The van der Waals surface area contributed by atoms with E-state index in [9.17, 15) is 4.79 Å². The molecule has 1 aliphatic heterocycles. The normalized spacial score (nSPS) is 24.2. The number of piperidine rings is 1. The number of likely N-dealkylation sites (tertiary alicyclic amines) is 1. The van der Waals surface area contributed by atoms with Crippen LogP contribution in [0.1, 0.15) is 54.8 Å². The van der Waals surface area contributed by atoms with Gasteiger partial charge >= 0.3 is 0 Å². The van der Waals surface area contributed by atoms with Crippen LogP contribution in [0.5, 0.6) is 0 Å². The zero-order valence-electron chi connectivity index (χ0n) is 13.9. The Morgan fingerprint density at radius 3 is 2.67 bits per heavy atom. The molecule has 24 heavy (non-hydrogen) atoms. The lowest BCUT2D eigenvalue weighted by atomic mass is 9.98. The fourth-order valence-electron chi connectivity index (χ4n) is 3.46. The standard InChI is InChI=1S/C19H23N3O2/c1-12-11-15(20)9-10-22(12)19(23)16-17(13-7-8-13)24-18(21-16)14-5-3-2-4-6-14/h2-6,12-13,15H,7-11,20H2,1H3/t12-,15-/m1/s1. The van der Waals surface area contributed by atoms with E-state index in [1.54, 1.807) is 0 Å². The number of amides is 1. The maximum absolute atomic E-state index is 13.1. The van der Waals surface area contributed by atoms with Crippen LogP contribution < -0.4 is 5.73 Å². The topological polar surface area (TPSA) is 72.4 Å². The molecule has 5 heteroatoms. The Labute approximate surface area is 141 Å². The van der Waals surface area contributed by atoms with E-state index < -0.39 is 0 Å². The summed E-state index contributed by atoms with van der Waals surface area (Å²) in [5.74, 6) is 1.64. The van der Waals surface area contributed by atoms with Crippen molar-refractivity contribution in [2.45, 2.75) is 50.6 Å². The van der Waals surface area contributed by atoms with Gasteiger partial charge in [-0.15, -0.1) is 0 Å². The third-order valence-corrected chi connectivity index (χ3v) is 5.00. The molecule has 2 fully saturated rings. The van der Waals surface area contributed by atoms with Gasteiger partial charge in [-0.1, -0.05) is 18.2 Å². The second kappa shape index (κ2) is 6.06. The van der Waals surface area contributed by atoms with Crippen molar-refractivity contribution in [1.82, 2.24) is 9.88 Å². The maximum atomic E-state index is 13.1. The molecule has 0 spiro atoms. The predicted octanol–water partition coefficient (Wildman–Crippen LogP) is 3.17. The van der Waals surface area contributed by atoms with Crippen molar-refractivity contribution in [3.63, 3.8) is 0 Å². The molecule has 0 bridgehead atoms. The molecule has 2 aliphatic rings. The third-order valence-electron chi connectivity index (χ3n) is 5.00. The van der Waals surface area contributed by atoms with Crippen molar-refractivity contribution < 1.29 is 9.21 Å².